The van der Waals surface area contributed by atoms with E-state index in [1.807, 2.05) is 46.1 Å². The van der Waals surface area contributed by atoms with Gasteiger partial charge in [-0.15, -0.1) is 0 Å². The highest BCUT2D eigenvalue weighted by Gasteiger charge is 2.33. The van der Waals surface area contributed by atoms with Crippen LogP contribution in [0.25, 0.3) is 10.9 Å². The van der Waals surface area contributed by atoms with Crippen molar-refractivity contribution >= 4 is 16.8 Å². The number of aromatic nitrogens is 2. The number of ether oxygens (including phenoxy) is 1. The lowest BCUT2D eigenvalue weighted by Gasteiger charge is -2.19. The third kappa shape index (κ3) is 3.09. The fourth-order valence-electron chi connectivity index (χ4n) is 3.27. The average molecular weight is 316 g/mol. The summed E-state index contributed by atoms with van der Waals surface area (Å²) in [6, 6.07) is 6.04. The normalized spacial score (nSPS) is 21.9. The summed E-state index contributed by atoms with van der Waals surface area (Å²) in [4.78, 5) is 14.9. The molecule has 0 aliphatic carbocycles. The Morgan fingerprint density at radius 3 is 2.91 bits per heavy atom. The highest BCUT2D eigenvalue weighted by atomic mass is 16.5. The fourth-order valence-corrected chi connectivity index (χ4v) is 3.27. The molecule has 2 atom stereocenters. The number of amides is 1. The van der Waals surface area contributed by atoms with Gasteiger partial charge in [-0.25, -0.2) is 0 Å². The van der Waals surface area contributed by atoms with E-state index in [1.54, 1.807) is 4.68 Å². The molecule has 2 aromatic rings. The summed E-state index contributed by atoms with van der Waals surface area (Å²) in [6.07, 6.45) is 0.0330. The lowest BCUT2D eigenvalue weighted by molar-refractivity contribution is 0.0512. The van der Waals surface area contributed by atoms with Crippen molar-refractivity contribution in [2.45, 2.75) is 26.0 Å². The number of likely N-dealkylation sites (tertiary alicyclic amines) is 1. The quantitative estimate of drug-likeness (QED) is 0.924. The smallest absolute Gasteiger partial charge is 0.272 e. The zero-order chi connectivity index (χ0) is 16.6. The molecular formula is C17H24N4O2. The molecule has 2 heterocycles. The Morgan fingerprint density at radius 1 is 1.39 bits per heavy atom. The number of nitrogens with zero attached hydrogens (tertiary/aromatic N) is 3. The third-order valence-electron chi connectivity index (χ3n) is 4.37. The molecule has 1 amide bonds. The Morgan fingerprint density at radius 2 is 2.17 bits per heavy atom. The second-order valence-electron chi connectivity index (χ2n) is 6.29. The molecule has 1 aliphatic rings. The molecule has 0 spiro atoms. The van der Waals surface area contributed by atoms with Gasteiger partial charge in [0.05, 0.1) is 17.7 Å². The predicted octanol–water partition coefficient (Wildman–Crippen LogP) is 1.33. The largest absolute Gasteiger partial charge is 0.375 e. The molecule has 124 valence electrons. The summed E-state index contributed by atoms with van der Waals surface area (Å²) < 4.78 is 7.51. The van der Waals surface area contributed by atoms with Gasteiger partial charge in [0.2, 0.25) is 0 Å². The zero-order valence-electron chi connectivity index (χ0n) is 14.2. The molecule has 6 heteroatoms. The van der Waals surface area contributed by atoms with Crippen molar-refractivity contribution in [2.24, 2.45) is 7.05 Å². The van der Waals surface area contributed by atoms with E-state index in [-0.39, 0.29) is 18.1 Å². The van der Waals surface area contributed by atoms with Gasteiger partial charge in [-0.3, -0.25) is 9.48 Å². The minimum atomic E-state index is -0.133. The van der Waals surface area contributed by atoms with E-state index in [0.29, 0.717) is 12.3 Å². The molecule has 0 bridgehead atoms. The number of hydrogen-bond acceptors (Lipinski definition) is 4. The van der Waals surface area contributed by atoms with Crippen molar-refractivity contribution < 1.29 is 9.53 Å². The highest BCUT2D eigenvalue weighted by Crippen LogP contribution is 2.20. The van der Waals surface area contributed by atoms with E-state index in [2.05, 4.69) is 15.3 Å². The number of nitrogens with one attached hydrogen (secondary N) is 1. The van der Waals surface area contributed by atoms with E-state index in [0.717, 1.165) is 29.6 Å². The molecule has 6 nitrogen and oxygen atoms in total. The Bertz CT molecular complexity index is 725. The Balaban J connectivity index is 1.85. The average Bonchev–Trinajstić information content (AvgIpc) is 3.00. The van der Waals surface area contributed by atoms with Crippen molar-refractivity contribution in [3.63, 3.8) is 0 Å². The molecule has 0 unspecified atom stereocenters. The van der Waals surface area contributed by atoms with Crippen LogP contribution in [0.5, 0.6) is 0 Å². The van der Waals surface area contributed by atoms with Gasteiger partial charge in [-0.2, -0.15) is 5.10 Å². The fraction of sp³-hybridized carbons (Fsp3) is 0.529. The van der Waals surface area contributed by atoms with E-state index in [9.17, 15) is 4.79 Å². The molecule has 0 saturated carbocycles. The Kier molecular flexibility index (Phi) is 4.37. The highest BCUT2D eigenvalue weighted by molar-refractivity contribution is 6.05. The molecule has 1 saturated heterocycles. The lowest BCUT2D eigenvalue weighted by Crippen LogP contribution is -2.44. The number of carbonyl (C=O) groups is 1. The molecule has 1 aromatic carbocycles. The molecule has 3 rings (SSSR count). The van der Waals surface area contributed by atoms with Crippen LogP contribution >= 0.6 is 0 Å². The number of benzene rings is 1. The van der Waals surface area contributed by atoms with E-state index >= 15 is 0 Å². The van der Waals surface area contributed by atoms with Gasteiger partial charge in [0.25, 0.3) is 5.91 Å². The van der Waals surface area contributed by atoms with Crippen LogP contribution < -0.4 is 5.32 Å². The number of fused-ring (bicyclic) bond motifs is 1. The summed E-state index contributed by atoms with van der Waals surface area (Å²) in [6.45, 7) is 6.27. The van der Waals surface area contributed by atoms with Gasteiger partial charge in [-0.1, -0.05) is 11.6 Å². The van der Waals surface area contributed by atoms with Gasteiger partial charge in [0.1, 0.15) is 0 Å². The third-order valence-corrected chi connectivity index (χ3v) is 4.37. The van der Waals surface area contributed by atoms with Crippen LogP contribution in [0.4, 0.5) is 0 Å². The Hall–Kier alpha value is -1.92. The van der Waals surface area contributed by atoms with Crippen molar-refractivity contribution in [3.8, 4) is 0 Å². The van der Waals surface area contributed by atoms with Crippen molar-refractivity contribution in [1.29, 1.82) is 0 Å². The SMILES string of the molecule is CCO[C@@H]1CN(C)C[C@H]1NC(=O)c1nn(C)c2ccc(C)cc12. The molecule has 1 N–H and O–H groups in total. The second-order valence-corrected chi connectivity index (χ2v) is 6.29. The van der Waals surface area contributed by atoms with Crippen molar-refractivity contribution in [1.82, 2.24) is 20.0 Å². The molecule has 1 aliphatic heterocycles. The Labute approximate surface area is 136 Å². The molecule has 0 radical (unpaired) electrons. The first kappa shape index (κ1) is 16.0. The summed E-state index contributed by atoms with van der Waals surface area (Å²) in [5.74, 6) is -0.133. The van der Waals surface area contributed by atoms with Crippen molar-refractivity contribution in [3.05, 3.63) is 29.5 Å². The summed E-state index contributed by atoms with van der Waals surface area (Å²) >= 11 is 0. The minimum Gasteiger partial charge on any atom is -0.375 e. The molecule has 1 fully saturated rings. The number of carbonyl (C=O) groups excluding carboxylic acids is 1. The molecular weight excluding hydrogens is 292 g/mol. The molecule has 23 heavy (non-hydrogen) atoms. The maximum Gasteiger partial charge on any atom is 0.272 e. The minimum absolute atomic E-state index is 0.00526. The number of aryl methyl sites for hydroxylation is 2. The van der Waals surface area contributed by atoms with Crippen molar-refractivity contribution in [2.75, 3.05) is 26.7 Å². The standard InChI is InChI=1S/C17H24N4O2/c1-5-23-15-10-20(3)9-13(15)18-17(22)16-12-8-11(2)6-7-14(12)21(4)19-16/h6-8,13,15H,5,9-10H2,1-4H3,(H,18,22)/t13-,15-/m1/s1. The molecule has 1 aromatic heterocycles. The zero-order valence-corrected chi connectivity index (χ0v) is 14.2. The van der Waals surface area contributed by atoms with E-state index < -0.39 is 0 Å². The maximum atomic E-state index is 12.7. The summed E-state index contributed by atoms with van der Waals surface area (Å²) in [5.41, 5.74) is 2.56. The first-order chi connectivity index (χ1) is 11.0. The predicted molar refractivity (Wildman–Crippen MR) is 89.6 cm³/mol. The van der Waals surface area contributed by atoms with E-state index in [4.69, 9.17) is 4.74 Å². The maximum absolute atomic E-state index is 12.7. The van der Waals surface area contributed by atoms with Gasteiger partial charge < -0.3 is 15.0 Å². The van der Waals surface area contributed by atoms with Crippen LogP contribution in [0.15, 0.2) is 18.2 Å². The van der Waals surface area contributed by atoms with Crippen LogP contribution in [-0.2, 0) is 11.8 Å². The second kappa shape index (κ2) is 6.29. The van der Waals surface area contributed by atoms with E-state index in [1.165, 1.54) is 0 Å². The van der Waals surface area contributed by atoms with Crippen LogP contribution in [0.2, 0.25) is 0 Å². The van der Waals surface area contributed by atoms with Crippen LogP contribution in [0.1, 0.15) is 23.0 Å². The number of hydrogen-bond donors (Lipinski definition) is 1. The lowest BCUT2D eigenvalue weighted by atomic mass is 10.1. The van der Waals surface area contributed by atoms with Crippen LogP contribution in [0.3, 0.4) is 0 Å². The van der Waals surface area contributed by atoms with Gasteiger partial charge in [0.15, 0.2) is 5.69 Å². The summed E-state index contributed by atoms with van der Waals surface area (Å²) in [7, 11) is 3.90. The first-order valence-corrected chi connectivity index (χ1v) is 8.04. The topological polar surface area (TPSA) is 59.4 Å². The first-order valence-electron chi connectivity index (χ1n) is 8.04. The van der Waals surface area contributed by atoms with Gasteiger partial charge in [-0.05, 0) is 33.0 Å². The van der Waals surface area contributed by atoms with Crippen LogP contribution in [0, 0.1) is 6.92 Å². The van der Waals surface area contributed by atoms with Crippen LogP contribution in [-0.4, -0.2) is 59.5 Å². The van der Waals surface area contributed by atoms with Gasteiger partial charge >= 0.3 is 0 Å². The number of likely N-dealkylation sites (N-methyl/N-ethyl adjacent to an activating group) is 1. The monoisotopic (exact) mass is 316 g/mol. The van der Waals surface area contributed by atoms with Gasteiger partial charge in [0, 0.05) is 32.1 Å². The summed E-state index contributed by atoms with van der Waals surface area (Å²) in [5, 5.41) is 8.41. The number of rotatable bonds is 4.